The highest BCUT2D eigenvalue weighted by atomic mass is 19.3. The summed E-state index contributed by atoms with van der Waals surface area (Å²) in [7, 11) is 3.49. The summed E-state index contributed by atoms with van der Waals surface area (Å²) in [6, 6.07) is 13.2. The number of hydrogen-bond donors (Lipinski definition) is 0. The first-order valence-electron chi connectivity index (χ1n) is 13.8. The number of hydrogen-bond acceptors (Lipinski definition) is 9. The molecule has 2 fully saturated rings. The van der Waals surface area contributed by atoms with Crippen LogP contribution < -0.4 is 10.6 Å². The Morgan fingerprint density at radius 2 is 1.85 bits per heavy atom. The van der Waals surface area contributed by atoms with Crippen LogP contribution in [0.15, 0.2) is 46.3 Å². The van der Waals surface area contributed by atoms with Gasteiger partial charge in [-0.1, -0.05) is 29.4 Å². The molecule has 0 radical (unpaired) electrons. The van der Waals surface area contributed by atoms with Gasteiger partial charge in [0.15, 0.2) is 5.82 Å². The molecule has 0 unspecified atom stereocenters. The first kappa shape index (κ1) is 28.6. The fourth-order valence-electron chi connectivity index (χ4n) is 5.68. The number of aromatic nitrogens is 3. The molecule has 0 bridgehead atoms. The van der Waals surface area contributed by atoms with Gasteiger partial charge in [-0.3, -0.25) is 9.47 Å². The molecule has 3 heterocycles. The normalized spacial score (nSPS) is 20.2. The average Bonchev–Trinajstić information content (AvgIpc) is 3.00. The molecule has 216 valence electrons. The lowest BCUT2D eigenvalue weighted by Gasteiger charge is -2.35. The standard InChI is InChI=1S/C29H33F2N7O3/c1-36(27-26-24(37(2)29(39)34-27)12-9-22(17-32)33-26)23-10-7-21(8-11-23)25(35-41-28(30)31)20-5-3-19(4-6-20)18-38-13-15-40-16-14-38/h3-6,9,12,21,23,28H,7-8,10-11,13-16,18H2,1-2H3/b35-25+/t21-,23+. The van der Waals surface area contributed by atoms with E-state index in [0.29, 0.717) is 35.4 Å². The van der Waals surface area contributed by atoms with E-state index in [1.54, 1.807) is 19.2 Å². The predicted octanol–water partition coefficient (Wildman–Crippen LogP) is 3.67. The van der Waals surface area contributed by atoms with Gasteiger partial charge in [-0.2, -0.15) is 19.0 Å². The van der Waals surface area contributed by atoms with Gasteiger partial charge in [0.2, 0.25) is 0 Å². The monoisotopic (exact) mass is 565 g/mol. The average molecular weight is 566 g/mol. The Morgan fingerprint density at radius 3 is 2.51 bits per heavy atom. The highest BCUT2D eigenvalue weighted by Gasteiger charge is 2.30. The van der Waals surface area contributed by atoms with Crippen LogP contribution in [0.1, 0.15) is 42.5 Å². The Balaban J connectivity index is 1.32. The van der Waals surface area contributed by atoms with Crippen molar-refractivity contribution >= 4 is 22.6 Å². The number of nitrogens with zero attached hydrogens (tertiary/aromatic N) is 7. The molecular formula is C29H33F2N7O3. The minimum Gasteiger partial charge on any atom is -0.379 e. The number of nitriles is 1. The number of rotatable bonds is 8. The molecule has 10 nitrogen and oxygen atoms in total. The van der Waals surface area contributed by atoms with Crippen molar-refractivity contribution < 1.29 is 18.4 Å². The molecule has 0 spiro atoms. The zero-order valence-electron chi connectivity index (χ0n) is 23.2. The van der Waals surface area contributed by atoms with Crippen LogP contribution in [0.3, 0.4) is 0 Å². The van der Waals surface area contributed by atoms with Crippen molar-refractivity contribution in [2.45, 2.75) is 44.9 Å². The molecule has 0 amide bonds. The number of aryl methyl sites for hydroxylation is 1. The van der Waals surface area contributed by atoms with E-state index in [9.17, 15) is 18.8 Å². The fraction of sp³-hybridized carbons (Fsp3) is 0.483. The molecule has 1 saturated heterocycles. The number of anilines is 1. The zero-order valence-corrected chi connectivity index (χ0v) is 23.2. The summed E-state index contributed by atoms with van der Waals surface area (Å²) in [5.74, 6) is 0.356. The SMILES string of the molecule is Cn1c(=O)nc(N(C)[C@H]2CC[C@@H](/C(=N/OC(F)F)c3ccc(CN4CCOCC4)cc3)CC2)c2nc(C#N)ccc21. The van der Waals surface area contributed by atoms with Gasteiger partial charge in [0.1, 0.15) is 17.3 Å². The lowest BCUT2D eigenvalue weighted by molar-refractivity contribution is -0.128. The maximum Gasteiger partial charge on any atom is 0.407 e. The molecule has 2 aromatic heterocycles. The van der Waals surface area contributed by atoms with Crippen LogP contribution in [0.2, 0.25) is 0 Å². The van der Waals surface area contributed by atoms with Crippen LogP contribution in [0, 0.1) is 17.2 Å². The Bertz CT molecular complexity index is 1490. The smallest absolute Gasteiger partial charge is 0.379 e. The molecule has 1 aliphatic carbocycles. The topological polar surface area (TPSA) is 109 Å². The molecule has 12 heteroatoms. The minimum atomic E-state index is -3.00. The van der Waals surface area contributed by atoms with Gasteiger partial charge in [0.25, 0.3) is 0 Å². The van der Waals surface area contributed by atoms with Gasteiger partial charge in [0, 0.05) is 45.7 Å². The maximum atomic E-state index is 13.0. The number of halogens is 2. The number of ether oxygens (including phenoxy) is 1. The summed E-state index contributed by atoms with van der Waals surface area (Å²) in [4.78, 5) is 30.0. The van der Waals surface area contributed by atoms with Crippen LogP contribution in [-0.4, -0.2) is 71.2 Å². The molecule has 1 aliphatic heterocycles. The minimum absolute atomic E-state index is 0.0368. The third kappa shape index (κ3) is 6.52. The lowest BCUT2D eigenvalue weighted by atomic mass is 9.80. The lowest BCUT2D eigenvalue weighted by Crippen LogP contribution is -2.39. The molecule has 1 saturated carbocycles. The van der Waals surface area contributed by atoms with Gasteiger partial charge in [-0.15, -0.1) is 0 Å². The second kappa shape index (κ2) is 12.7. The Kier molecular flexibility index (Phi) is 8.85. The maximum absolute atomic E-state index is 13.0. The van der Waals surface area contributed by atoms with E-state index in [0.717, 1.165) is 56.8 Å². The number of fused-ring (bicyclic) bond motifs is 1. The number of morpholine rings is 1. The van der Waals surface area contributed by atoms with Crippen LogP contribution in [0.4, 0.5) is 14.6 Å². The van der Waals surface area contributed by atoms with E-state index in [2.05, 4.69) is 24.9 Å². The van der Waals surface area contributed by atoms with Crippen molar-refractivity contribution in [1.82, 2.24) is 19.4 Å². The number of alkyl halides is 2. The Labute approximate surface area is 236 Å². The second-order valence-electron chi connectivity index (χ2n) is 10.5. The van der Waals surface area contributed by atoms with Crippen molar-refractivity contribution in [2.75, 3.05) is 38.3 Å². The van der Waals surface area contributed by atoms with Crippen LogP contribution in [-0.2, 0) is 23.2 Å². The number of oxime groups is 1. The third-order valence-electron chi connectivity index (χ3n) is 8.01. The first-order valence-corrected chi connectivity index (χ1v) is 13.8. The molecule has 0 N–H and O–H groups in total. The van der Waals surface area contributed by atoms with E-state index >= 15 is 0 Å². The summed E-state index contributed by atoms with van der Waals surface area (Å²) in [6.07, 6.45) is 2.83. The molecule has 41 heavy (non-hydrogen) atoms. The summed E-state index contributed by atoms with van der Waals surface area (Å²) < 4.78 is 32.8. The fourth-order valence-corrected chi connectivity index (χ4v) is 5.68. The van der Waals surface area contributed by atoms with Crippen LogP contribution in [0.5, 0.6) is 0 Å². The van der Waals surface area contributed by atoms with Crippen molar-refractivity contribution in [2.24, 2.45) is 18.1 Å². The van der Waals surface area contributed by atoms with Crippen LogP contribution >= 0.6 is 0 Å². The highest BCUT2D eigenvalue weighted by molar-refractivity contribution is 6.02. The van der Waals surface area contributed by atoms with E-state index in [1.165, 1.54) is 4.57 Å². The van der Waals surface area contributed by atoms with Crippen LogP contribution in [0.25, 0.3) is 11.0 Å². The second-order valence-corrected chi connectivity index (χ2v) is 10.5. The summed E-state index contributed by atoms with van der Waals surface area (Å²) in [5.41, 5.74) is 3.33. The van der Waals surface area contributed by atoms with Crippen molar-refractivity contribution in [3.63, 3.8) is 0 Å². The van der Waals surface area contributed by atoms with Gasteiger partial charge in [-0.05, 0) is 48.9 Å². The zero-order chi connectivity index (χ0) is 28.9. The predicted molar refractivity (Wildman–Crippen MR) is 150 cm³/mol. The van der Waals surface area contributed by atoms with Gasteiger partial charge in [-0.25, -0.2) is 9.78 Å². The Morgan fingerprint density at radius 1 is 1.15 bits per heavy atom. The summed E-state index contributed by atoms with van der Waals surface area (Å²) >= 11 is 0. The van der Waals surface area contributed by atoms with Crippen molar-refractivity contribution in [3.05, 3.63) is 63.7 Å². The number of benzene rings is 1. The summed E-state index contributed by atoms with van der Waals surface area (Å²) in [5, 5.41) is 13.3. The molecular weight excluding hydrogens is 532 g/mol. The first-order chi connectivity index (χ1) is 19.8. The van der Waals surface area contributed by atoms with E-state index in [1.807, 2.05) is 42.3 Å². The molecule has 2 aliphatic rings. The molecule has 5 rings (SSSR count). The Hall–Kier alpha value is -3.95. The number of pyridine rings is 1. The quantitative estimate of drug-likeness (QED) is 0.301. The largest absolute Gasteiger partial charge is 0.407 e. The summed E-state index contributed by atoms with van der Waals surface area (Å²) in [6.45, 7) is 1.01. The van der Waals surface area contributed by atoms with E-state index < -0.39 is 12.3 Å². The van der Waals surface area contributed by atoms with Crippen molar-refractivity contribution in [3.8, 4) is 6.07 Å². The van der Waals surface area contributed by atoms with Gasteiger partial charge < -0.3 is 14.5 Å². The van der Waals surface area contributed by atoms with Gasteiger partial charge in [0.05, 0.1) is 24.4 Å². The van der Waals surface area contributed by atoms with E-state index in [4.69, 9.17) is 4.74 Å². The highest BCUT2D eigenvalue weighted by Crippen LogP contribution is 2.33. The van der Waals surface area contributed by atoms with Gasteiger partial charge >= 0.3 is 12.3 Å². The molecule has 1 aromatic carbocycles. The third-order valence-corrected chi connectivity index (χ3v) is 8.01. The van der Waals surface area contributed by atoms with E-state index in [-0.39, 0.29) is 17.7 Å². The molecule has 3 aromatic rings. The molecule has 0 atom stereocenters. The van der Waals surface area contributed by atoms with Crippen molar-refractivity contribution in [1.29, 1.82) is 5.26 Å².